The second kappa shape index (κ2) is 16.2. The molecule has 2 aromatic heterocycles. The molecule has 0 amide bonds. The Kier molecular flexibility index (Phi) is 9.59. The summed E-state index contributed by atoms with van der Waals surface area (Å²) in [5, 5.41) is 5.10. The van der Waals surface area contributed by atoms with Crippen molar-refractivity contribution >= 4 is 97.1 Å². The predicted molar refractivity (Wildman–Crippen MR) is 278 cm³/mol. The van der Waals surface area contributed by atoms with E-state index in [-0.39, 0.29) is 0 Å². The topological polar surface area (TPSA) is 6.48 Å². The maximum Gasteiger partial charge on any atom is 0.0661 e. The zero-order chi connectivity index (χ0) is 42.4. The third-order valence-electron chi connectivity index (χ3n) is 12.2. The lowest BCUT2D eigenvalue weighted by Gasteiger charge is -2.30. The lowest BCUT2D eigenvalue weighted by atomic mass is 10.00. The van der Waals surface area contributed by atoms with Gasteiger partial charge in [-0.3, -0.25) is 0 Å². The standard InChI is InChI=1S/C60H40N2S2/c1-5-15-41(16-6-1)43-25-31-49(32-26-43)61(47-19-9-3-10-20-47)51-39-55-54-38-46(45-29-35-58-53(37-45)52-23-13-14-24-57(52)63-58)30-36-59(54)64-60(55)56(40-51)62(48-21-11-4-12-22-48)50-33-27-44(28-34-50)42-17-7-2-8-18-42/h1-40H. The first-order valence-electron chi connectivity index (χ1n) is 21.7. The quantitative estimate of drug-likeness (QED) is 0.143. The van der Waals surface area contributed by atoms with E-state index in [4.69, 9.17) is 0 Å². The Bertz CT molecular complexity index is 3580. The number of hydrogen-bond acceptors (Lipinski definition) is 4. The van der Waals surface area contributed by atoms with Gasteiger partial charge in [-0.25, -0.2) is 0 Å². The number of benzene rings is 10. The highest BCUT2D eigenvalue weighted by Crippen LogP contribution is 2.50. The second-order valence-electron chi connectivity index (χ2n) is 16.1. The Labute approximate surface area is 380 Å². The van der Waals surface area contributed by atoms with Gasteiger partial charge >= 0.3 is 0 Å². The average Bonchev–Trinajstić information content (AvgIpc) is 3.94. The van der Waals surface area contributed by atoms with Crippen LogP contribution in [-0.4, -0.2) is 0 Å². The minimum absolute atomic E-state index is 1.08. The molecule has 12 rings (SSSR count). The molecule has 4 heteroatoms. The van der Waals surface area contributed by atoms with E-state index in [2.05, 4.69) is 252 Å². The summed E-state index contributed by atoms with van der Waals surface area (Å²) in [6.45, 7) is 0. The zero-order valence-electron chi connectivity index (χ0n) is 34.8. The highest BCUT2D eigenvalue weighted by atomic mass is 32.1. The van der Waals surface area contributed by atoms with Crippen LogP contribution in [0.3, 0.4) is 0 Å². The summed E-state index contributed by atoms with van der Waals surface area (Å²) in [6.07, 6.45) is 0. The Morgan fingerprint density at radius 2 is 0.641 bits per heavy atom. The Morgan fingerprint density at radius 3 is 1.22 bits per heavy atom. The van der Waals surface area contributed by atoms with Gasteiger partial charge in [0.25, 0.3) is 0 Å². The molecular formula is C60H40N2S2. The van der Waals surface area contributed by atoms with Gasteiger partial charge in [0, 0.05) is 64.1 Å². The maximum absolute atomic E-state index is 2.44. The van der Waals surface area contributed by atoms with Crippen LogP contribution in [0.4, 0.5) is 34.1 Å². The van der Waals surface area contributed by atoms with E-state index < -0.39 is 0 Å². The molecule has 64 heavy (non-hydrogen) atoms. The van der Waals surface area contributed by atoms with Crippen molar-refractivity contribution in [3.05, 3.63) is 243 Å². The Hall–Kier alpha value is -7.76. The second-order valence-corrected chi connectivity index (χ2v) is 18.3. The number of para-hydroxylation sites is 2. The van der Waals surface area contributed by atoms with Gasteiger partial charge in [0.15, 0.2) is 0 Å². The maximum atomic E-state index is 2.44. The van der Waals surface area contributed by atoms with Crippen molar-refractivity contribution in [3.8, 4) is 33.4 Å². The van der Waals surface area contributed by atoms with Gasteiger partial charge in [-0.2, -0.15) is 0 Å². The van der Waals surface area contributed by atoms with Gasteiger partial charge < -0.3 is 9.80 Å². The SMILES string of the molecule is c1ccc(-c2ccc(N(c3ccccc3)c3cc(N(c4ccccc4)c4ccc(-c5ccccc5)cc4)c4sc5ccc(-c6ccc7sc8ccccc8c7c6)cc5c4c3)cc2)cc1. The number of anilines is 6. The number of fused-ring (bicyclic) bond motifs is 6. The van der Waals surface area contributed by atoms with Crippen molar-refractivity contribution in [2.45, 2.75) is 0 Å². The molecule has 2 nitrogen and oxygen atoms in total. The van der Waals surface area contributed by atoms with E-state index in [0.717, 1.165) is 34.1 Å². The van der Waals surface area contributed by atoms with Gasteiger partial charge in [0.1, 0.15) is 0 Å². The fraction of sp³-hybridized carbons (Fsp3) is 0. The van der Waals surface area contributed by atoms with Crippen molar-refractivity contribution in [3.63, 3.8) is 0 Å². The van der Waals surface area contributed by atoms with E-state index in [1.165, 1.54) is 73.7 Å². The summed E-state index contributed by atoms with van der Waals surface area (Å²) in [5.41, 5.74) is 13.8. The fourth-order valence-corrected chi connectivity index (χ4v) is 11.4. The van der Waals surface area contributed by atoms with Crippen molar-refractivity contribution in [2.24, 2.45) is 0 Å². The average molecular weight is 853 g/mol. The van der Waals surface area contributed by atoms with Crippen LogP contribution in [-0.2, 0) is 0 Å². The molecule has 302 valence electrons. The molecule has 2 heterocycles. The molecule has 0 radical (unpaired) electrons. The first-order valence-corrected chi connectivity index (χ1v) is 23.3. The highest BCUT2D eigenvalue weighted by molar-refractivity contribution is 7.26. The normalized spacial score (nSPS) is 11.4. The number of nitrogens with zero attached hydrogens (tertiary/aromatic N) is 2. The van der Waals surface area contributed by atoms with E-state index in [1.807, 2.05) is 22.7 Å². The van der Waals surface area contributed by atoms with Gasteiger partial charge in [-0.05, 0) is 124 Å². The van der Waals surface area contributed by atoms with E-state index in [9.17, 15) is 0 Å². The molecule has 0 bridgehead atoms. The molecule has 0 saturated carbocycles. The van der Waals surface area contributed by atoms with E-state index in [0.29, 0.717) is 0 Å². The summed E-state index contributed by atoms with van der Waals surface area (Å²) in [5.74, 6) is 0. The molecule has 0 aliphatic heterocycles. The minimum atomic E-state index is 1.08. The van der Waals surface area contributed by atoms with E-state index in [1.54, 1.807) is 0 Å². The summed E-state index contributed by atoms with van der Waals surface area (Å²) in [4.78, 5) is 4.84. The molecule has 0 fully saturated rings. The van der Waals surface area contributed by atoms with Crippen molar-refractivity contribution in [2.75, 3.05) is 9.80 Å². The molecule has 0 N–H and O–H groups in total. The number of hydrogen-bond donors (Lipinski definition) is 0. The molecule has 0 saturated heterocycles. The van der Waals surface area contributed by atoms with E-state index >= 15 is 0 Å². The molecule has 10 aromatic carbocycles. The molecular weight excluding hydrogens is 813 g/mol. The monoisotopic (exact) mass is 852 g/mol. The van der Waals surface area contributed by atoms with Crippen LogP contribution in [0.15, 0.2) is 243 Å². The summed E-state index contributed by atoms with van der Waals surface area (Å²) in [6, 6.07) is 88.4. The van der Waals surface area contributed by atoms with Crippen molar-refractivity contribution < 1.29 is 0 Å². The summed E-state index contributed by atoms with van der Waals surface area (Å²) < 4.78 is 5.13. The zero-order valence-corrected chi connectivity index (χ0v) is 36.4. The lowest BCUT2D eigenvalue weighted by molar-refractivity contribution is 1.26. The summed E-state index contributed by atoms with van der Waals surface area (Å²) in [7, 11) is 0. The predicted octanol–water partition coefficient (Wildman–Crippen LogP) is 18.4. The third kappa shape index (κ3) is 6.90. The number of thiophene rings is 2. The van der Waals surface area contributed by atoms with Crippen LogP contribution in [0.25, 0.3) is 73.7 Å². The van der Waals surface area contributed by atoms with Crippen molar-refractivity contribution in [1.82, 2.24) is 0 Å². The molecule has 0 aliphatic carbocycles. The van der Waals surface area contributed by atoms with Gasteiger partial charge in [0.2, 0.25) is 0 Å². The minimum Gasteiger partial charge on any atom is -0.310 e. The van der Waals surface area contributed by atoms with Crippen LogP contribution in [0, 0.1) is 0 Å². The van der Waals surface area contributed by atoms with Gasteiger partial charge in [0.05, 0.1) is 10.4 Å². The molecule has 0 unspecified atom stereocenters. The summed E-state index contributed by atoms with van der Waals surface area (Å²) >= 11 is 3.73. The number of rotatable bonds is 9. The van der Waals surface area contributed by atoms with Crippen LogP contribution in [0.2, 0.25) is 0 Å². The van der Waals surface area contributed by atoms with Crippen LogP contribution in [0.5, 0.6) is 0 Å². The molecule has 0 spiro atoms. The molecule has 0 aliphatic rings. The smallest absolute Gasteiger partial charge is 0.0661 e. The largest absolute Gasteiger partial charge is 0.310 e. The Morgan fingerprint density at radius 1 is 0.234 bits per heavy atom. The third-order valence-corrected chi connectivity index (χ3v) is 14.6. The fourth-order valence-electron chi connectivity index (χ4n) is 9.12. The first-order chi connectivity index (χ1) is 31.7. The van der Waals surface area contributed by atoms with Crippen LogP contribution < -0.4 is 9.80 Å². The molecule has 12 aromatic rings. The Balaban J connectivity index is 1.09. The van der Waals surface area contributed by atoms with Crippen LogP contribution >= 0.6 is 22.7 Å². The molecule has 0 atom stereocenters. The van der Waals surface area contributed by atoms with Crippen LogP contribution in [0.1, 0.15) is 0 Å². The lowest BCUT2D eigenvalue weighted by Crippen LogP contribution is -2.13. The van der Waals surface area contributed by atoms with Gasteiger partial charge in [-0.15, -0.1) is 22.7 Å². The first kappa shape index (κ1) is 38.0. The van der Waals surface area contributed by atoms with Gasteiger partial charge in [-0.1, -0.05) is 152 Å². The van der Waals surface area contributed by atoms with Crippen molar-refractivity contribution in [1.29, 1.82) is 0 Å². The highest BCUT2D eigenvalue weighted by Gasteiger charge is 2.23.